The van der Waals surface area contributed by atoms with Crippen LogP contribution in [0.2, 0.25) is 0 Å². The summed E-state index contributed by atoms with van der Waals surface area (Å²) in [7, 11) is 0. The molecule has 0 aromatic carbocycles. The Morgan fingerprint density at radius 3 is 2.83 bits per heavy atom. The lowest BCUT2D eigenvalue weighted by Crippen LogP contribution is -2.12. The van der Waals surface area contributed by atoms with Crippen molar-refractivity contribution in [2.75, 3.05) is 6.54 Å². The van der Waals surface area contributed by atoms with Crippen LogP contribution >= 0.6 is 0 Å². The third kappa shape index (κ3) is 1.52. The predicted octanol–water partition coefficient (Wildman–Crippen LogP) is 2.40. The van der Waals surface area contributed by atoms with E-state index < -0.39 is 0 Å². The summed E-state index contributed by atoms with van der Waals surface area (Å²) in [5.41, 5.74) is 12.7. The van der Waals surface area contributed by atoms with E-state index in [9.17, 15) is 0 Å². The highest BCUT2D eigenvalue weighted by Gasteiger charge is 2.21. The standard InChI is InChI=1S/C11H17N/c1-4-8(2)11-6-5-10(7-12)9(11)3/h10H,1,5-7,12H2,2-3H3. The number of rotatable bonds is 2. The highest BCUT2D eigenvalue weighted by Crippen LogP contribution is 2.34. The molecule has 66 valence electrons. The second-order valence-corrected chi connectivity index (χ2v) is 3.43. The second-order valence-electron chi connectivity index (χ2n) is 3.43. The normalized spacial score (nSPS) is 22.8. The van der Waals surface area contributed by atoms with Crippen molar-refractivity contribution in [1.29, 1.82) is 0 Å². The first-order valence-corrected chi connectivity index (χ1v) is 4.47. The van der Waals surface area contributed by atoms with Crippen molar-refractivity contribution in [3.8, 4) is 0 Å². The summed E-state index contributed by atoms with van der Waals surface area (Å²) in [6.45, 7) is 8.70. The molecule has 0 bridgehead atoms. The van der Waals surface area contributed by atoms with Gasteiger partial charge in [0.05, 0.1) is 0 Å². The summed E-state index contributed by atoms with van der Waals surface area (Å²) >= 11 is 0. The summed E-state index contributed by atoms with van der Waals surface area (Å²) in [4.78, 5) is 0. The maximum absolute atomic E-state index is 5.65. The molecule has 1 nitrogen and oxygen atoms in total. The van der Waals surface area contributed by atoms with Gasteiger partial charge >= 0.3 is 0 Å². The summed E-state index contributed by atoms with van der Waals surface area (Å²) in [6, 6.07) is 0. The lowest BCUT2D eigenvalue weighted by molar-refractivity contribution is 0.616. The van der Waals surface area contributed by atoms with Crippen LogP contribution in [-0.2, 0) is 0 Å². The summed E-state index contributed by atoms with van der Waals surface area (Å²) in [5.74, 6) is 0.600. The molecule has 1 heteroatoms. The van der Waals surface area contributed by atoms with Crippen molar-refractivity contribution in [2.24, 2.45) is 11.7 Å². The average molecular weight is 163 g/mol. The summed E-state index contributed by atoms with van der Waals surface area (Å²) < 4.78 is 0. The fraction of sp³-hybridized carbons (Fsp3) is 0.545. The Hall–Kier alpha value is -0.780. The van der Waals surface area contributed by atoms with E-state index in [1.54, 1.807) is 0 Å². The van der Waals surface area contributed by atoms with E-state index in [-0.39, 0.29) is 0 Å². The summed E-state index contributed by atoms with van der Waals surface area (Å²) in [6.07, 6.45) is 2.36. The van der Waals surface area contributed by atoms with Crippen LogP contribution in [0.4, 0.5) is 0 Å². The fourth-order valence-corrected chi connectivity index (χ4v) is 1.86. The van der Waals surface area contributed by atoms with E-state index in [2.05, 4.69) is 26.2 Å². The smallest absolute Gasteiger partial charge is 0.00113 e. The molecule has 0 saturated heterocycles. The van der Waals surface area contributed by atoms with Gasteiger partial charge in [-0.1, -0.05) is 12.2 Å². The molecule has 0 fully saturated rings. The maximum atomic E-state index is 5.65. The van der Waals surface area contributed by atoms with E-state index in [4.69, 9.17) is 5.73 Å². The predicted molar refractivity (Wildman–Crippen MR) is 52.8 cm³/mol. The molecular weight excluding hydrogens is 146 g/mol. The Labute approximate surface area is 74.7 Å². The quantitative estimate of drug-likeness (QED) is 0.621. The topological polar surface area (TPSA) is 26.0 Å². The monoisotopic (exact) mass is 163 g/mol. The van der Waals surface area contributed by atoms with Gasteiger partial charge in [-0.3, -0.25) is 0 Å². The lowest BCUT2D eigenvalue weighted by Gasteiger charge is -2.07. The molecule has 1 aliphatic rings. The number of allylic oxidation sites excluding steroid dienone is 2. The molecule has 0 aliphatic heterocycles. The fourth-order valence-electron chi connectivity index (χ4n) is 1.86. The van der Waals surface area contributed by atoms with E-state index in [0.29, 0.717) is 5.92 Å². The van der Waals surface area contributed by atoms with Crippen LogP contribution in [0.25, 0.3) is 0 Å². The van der Waals surface area contributed by atoms with Crippen molar-refractivity contribution >= 4 is 0 Å². The van der Waals surface area contributed by atoms with Crippen LogP contribution in [0.15, 0.2) is 29.0 Å². The van der Waals surface area contributed by atoms with Gasteiger partial charge in [-0.05, 0) is 50.3 Å². The number of nitrogens with two attached hydrogens (primary N) is 1. The minimum absolute atomic E-state index is 0.600. The van der Waals surface area contributed by atoms with Crippen molar-refractivity contribution < 1.29 is 0 Å². The average Bonchev–Trinajstić information content (AvgIpc) is 2.45. The SMILES string of the molecule is C=C=C(C)C1=C(C)C(CN)CC1. The molecule has 12 heavy (non-hydrogen) atoms. The third-order valence-electron chi connectivity index (χ3n) is 2.83. The molecule has 1 unspecified atom stereocenters. The molecule has 0 spiro atoms. The van der Waals surface area contributed by atoms with Crippen LogP contribution in [0.1, 0.15) is 26.7 Å². The highest BCUT2D eigenvalue weighted by molar-refractivity contribution is 5.36. The van der Waals surface area contributed by atoms with Gasteiger partial charge < -0.3 is 5.73 Å². The third-order valence-corrected chi connectivity index (χ3v) is 2.83. The Kier molecular flexibility index (Phi) is 2.91. The molecule has 1 rings (SSSR count). The van der Waals surface area contributed by atoms with Gasteiger partial charge in [-0.25, -0.2) is 0 Å². The molecule has 2 N–H and O–H groups in total. The van der Waals surface area contributed by atoms with Crippen LogP contribution in [-0.4, -0.2) is 6.54 Å². The van der Waals surface area contributed by atoms with E-state index in [1.807, 2.05) is 0 Å². The zero-order valence-corrected chi connectivity index (χ0v) is 7.98. The molecular formula is C11H17N. The molecule has 0 aromatic rings. The molecule has 0 heterocycles. The van der Waals surface area contributed by atoms with E-state index in [1.165, 1.54) is 23.1 Å². The zero-order valence-electron chi connectivity index (χ0n) is 7.98. The van der Waals surface area contributed by atoms with Crippen molar-refractivity contribution in [1.82, 2.24) is 0 Å². The first kappa shape index (κ1) is 9.31. The molecule has 0 saturated carbocycles. The highest BCUT2D eigenvalue weighted by atomic mass is 14.6. The zero-order chi connectivity index (χ0) is 9.14. The van der Waals surface area contributed by atoms with Gasteiger partial charge in [0.25, 0.3) is 0 Å². The first-order chi connectivity index (χ1) is 5.70. The van der Waals surface area contributed by atoms with Crippen LogP contribution in [0, 0.1) is 5.92 Å². The van der Waals surface area contributed by atoms with Crippen LogP contribution in [0.5, 0.6) is 0 Å². The second kappa shape index (κ2) is 3.75. The minimum atomic E-state index is 0.600. The van der Waals surface area contributed by atoms with Gasteiger partial charge in [0, 0.05) is 0 Å². The largest absolute Gasteiger partial charge is 0.330 e. The van der Waals surface area contributed by atoms with Crippen LogP contribution < -0.4 is 5.73 Å². The van der Waals surface area contributed by atoms with Crippen molar-refractivity contribution in [2.45, 2.75) is 26.7 Å². The Balaban J connectivity index is 2.92. The van der Waals surface area contributed by atoms with E-state index >= 15 is 0 Å². The Bertz CT molecular complexity index is 254. The molecule has 0 amide bonds. The Morgan fingerprint density at radius 1 is 1.75 bits per heavy atom. The van der Waals surface area contributed by atoms with Gasteiger partial charge in [0.15, 0.2) is 0 Å². The molecule has 0 aromatic heterocycles. The van der Waals surface area contributed by atoms with Gasteiger partial charge in [0.1, 0.15) is 0 Å². The van der Waals surface area contributed by atoms with Crippen molar-refractivity contribution in [3.05, 3.63) is 29.0 Å². The van der Waals surface area contributed by atoms with E-state index in [0.717, 1.165) is 13.0 Å². The minimum Gasteiger partial charge on any atom is -0.330 e. The van der Waals surface area contributed by atoms with Gasteiger partial charge in [-0.15, -0.1) is 5.73 Å². The Morgan fingerprint density at radius 2 is 2.42 bits per heavy atom. The number of hydrogen-bond donors (Lipinski definition) is 1. The maximum Gasteiger partial charge on any atom is -0.00113 e. The van der Waals surface area contributed by atoms with Crippen molar-refractivity contribution in [3.63, 3.8) is 0 Å². The molecule has 1 aliphatic carbocycles. The molecule has 1 atom stereocenters. The first-order valence-electron chi connectivity index (χ1n) is 4.47. The van der Waals surface area contributed by atoms with Crippen LogP contribution in [0.3, 0.4) is 0 Å². The van der Waals surface area contributed by atoms with Gasteiger partial charge in [0.2, 0.25) is 0 Å². The summed E-state index contributed by atoms with van der Waals surface area (Å²) in [5, 5.41) is 0. The van der Waals surface area contributed by atoms with Gasteiger partial charge in [-0.2, -0.15) is 0 Å². The molecule has 0 radical (unpaired) electrons. The lowest BCUT2D eigenvalue weighted by atomic mass is 10.0. The number of hydrogen-bond acceptors (Lipinski definition) is 1.